The number of amides is 2. The average molecular weight is 1450 g/mol. The van der Waals surface area contributed by atoms with Gasteiger partial charge in [-0.25, -0.2) is 0 Å². The maximum absolute atomic E-state index is 13.9. The number of nitrogens with one attached hydrogen (secondary N) is 4. The first kappa shape index (κ1) is 72.4. The van der Waals surface area contributed by atoms with E-state index in [9.17, 15) is 45.1 Å². The van der Waals surface area contributed by atoms with Crippen LogP contribution in [0.5, 0.6) is 11.5 Å². The Balaban J connectivity index is 1.03. The Labute approximate surface area is 584 Å². The number of hydrogen-bond donors (Lipinski definition) is 6. The number of piperidine rings is 2. The molecule has 0 aliphatic carbocycles. The van der Waals surface area contributed by atoms with Gasteiger partial charge in [0.1, 0.15) is 51.0 Å². The zero-order valence-corrected chi connectivity index (χ0v) is 59.2. The van der Waals surface area contributed by atoms with Gasteiger partial charge < -0.3 is 55.1 Å². The lowest BCUT2D eigenvalue weighted by molar-refractivity contribution is -0.120. The fourth-order valence-corrected chi connectivity index (χ4v) is 14.7. The summed E-state index contributed by atoms with van der Waals surface area (Å²) < 4.78 is 86.9. The summed E-state index contributed by atoms with van der Waals surface area (Å²) in [4.78, 5) is 86.7. The molecule has 30 nitrogen and oxygen atoms in total. The van der Waals surface area contributed by atoms with Gasteiger partial charge in [0.15, 0.2) is 16.7 Å². The molecule has 0 spiro atoms. The first-order valence-electron chi connectivity index (χ1n) is 31.6. The van der Waals surface area contributed by atoms with Crippen molar-refractivity contribution in [2.45, 2.75) is 88.1 Å². The summed E-state index contributed by atoms with van der Waals surface area (Å²) in [6.07, 6.45) is 8.21. The van der Waals surface area contributed by atoms with Gasteiger partial charge >= 0.3 is 0 Å². The van der Waals surface area contributed by atoms with Crippen molar-refractivity contribution in [3.05, 3.63) is 93.7 Å². The summed E-state index contributed by atoms with van der Waals surface area (Å²) in [5, 5.41) is 31.2. The molecule has 0 unspecified atom stereocenters. The molecule has 0 atom stereocenters. The number of carbonyl (C=O) groups excluding carboxylic acids is 4. The van der Waals surface area contributed by atoms with Crippen LogP contribution in [-0.4, -0.2) is 153 Å². The number of anilines is 10. The maximum atomic E-state index is 13.9. The van der Waals surface area contributed by atoms with Crippen LogP contribution in [0.15, 0.2) is 119 Å². The Morgan fingerprint density at radius 2 is 1.17 bits per heavy atom. The van der Waals surface area contributed by atoms with Crippen molar-refractivity contribution < 1.29 is 59.3 Å². The third-order valence-corrected chi connectivity index (χ3v) is 20.3. The highest BCUT2D eigenvalue weighted by atomic mass is 32.2. The highest BCUT2D eigenvalue weighted by molar-refractivity contribution is 7.99. The van der Waals surface area contributed by atoms with E-state index in [1.165, 1.54) is 81.3 Å². The Kier molecular flexibility index (Phi) is 23.8. The quantitative estimate of drug-likeness (QED) is 0.0108. The highest BCUT2D eigenvalue weighted by Crippen LogP contribution is 2.45. The summed E-state index contributed by atoms with van der Waals surface area (Å²) in [6.45, 7) is 13.2. The molecular weight excluding hydrogens is 1380 g/mol. The molecule has 4 aromatic carbocycles. The molecule has 2 saturated heterocycles. The van der Waals surface area contributed by atoms with E-state index >= 15 is 0 Å². The first-order chi connectivity index (χ1) is 47.5. The first-order valence-corrected chi connectivity index (χ1v) is 37.1. The summed E-state index contributed by atoms with van der Waals surface area (Å²) in [5.41, 5.74) is 1.58. The number of benzene rings is 4. The number of carbonyl (C=O) groups is 4. The smallest absolute Gasteiger partial charge is 0.296 e. The molecule has 99 heavy (non-hydrogen) atoms. The predicted octanol–water partition coefficient (Wildman–Crippen LogP) is 12.6. The molecule has 3 aliphatic heterocycles. The van der Waals surface area contributed by atoms with Crippen LogP contribution in [0.2, 0.25) is 0 Å². The molecule has 522 valence electrons. The summed E-state index contributed by atoms with van der Waals surface area (Å²) in [6, 6.07) is 17.6. The van der Waals surface area contributed by atoms with Crippen LogP contribution in [-0.2, 0) is 44.2 Å². The number of thiazole rings is 2. The lowest BCUT2D eigenvalue weighted by atomic mass is 10.1. The number of para-hydroxylation sites is 2. The van der Waals surface area contributed by atoms with Gasteiger partial charge in [-0.15, -0.1) is 20.5 Å². The number of aromatic nitrogens is 5. The zero-order chi connectivity index (χ0) is 70.5. The monoisotopic (exact) mass is 1450 g/mol. The van der Waals surface area contributed by atoms with Crippen LogP contribution in [0, 0.1) is 0 Å². The number of nitrogens with zero attached hydrogens (tertiary/aromatic N) is 13. The molecule has 35 heteroatoms. The second kappa shape index (κ2) is 32.5. The Bertz CT molecular complexity index is 4550. The van der Waals surface area contributed by atoms with Crippen molar-refractivity contribution in [3.63, 3.8) is 0 Å². The van der Waals surface area contributed by atoms with Gasteiger partial charge in [0, 0.05) is 63.7 Å². The normalized spacial score (nSPS) is 15.0. The molecule has 4 bridgehead atoms. The molecule has 2 amide bonds. The van der Waals surface area contributed by atoms with Crippen molar-refractivity contribution in [2.24, 2.45) is 20.5 Å². The van der Waals surface area contributed by atoms with E-state index in [-0.39, 0.29) is 62.8 Å². The number of fused-ring (bicyclic) bond motifs is 4. The lowest BCUT2D eigenvalue weighted by Crippen LogP contribution is -2.30. The molecule has 10 rings (SSSR count). The van der Waals surface area contributed by atoms with E-state index in [4.69, 9.17) is 49.4 Å². The third-order valence-electron chi connectivity index (χ3n) is 15.9. The van der Waals surface area contributed by atoms with Crippen molar-refractivity contribution in [2.75, 3.05) is 120 Å². The van der Waals surface area contributed by atoms with Gasteiger partial charge in [0.2, 0.25) is 22.2 Å². The van der Waals surface area contributed by atoms with Crippen molar-refractivity contribution in [1.29, 1.82) is 0 Å². The van der Waals surface area contributed by atoms with Crippen LogP contribution >= 0.6 is 34.4 Å². The topological polar surface area (TPSA) is 380 Å². The van der Waals surface area contributed by atoms with Gasteiger partial charge in [-0.1, -0.05) is 58.7 Å². The average Bonchev–Trinajstić information content (AvgIpc) is 1.84. The van der Waals surface area contributed by atoms with E-state index in [2.05, 4.69) is 36.4 Å². The number of azo groups is 2. The summed E-state index contributed by atoms with van der Waals surface area (Å²) >= 11 is 3.47. The second-order valence-corrected chi connectivity index (χ2v) is 28.3. The standard InChI is InChI=1S/C64H73N17O13S5/c1-8-78(9-2)48-33-44(46(35-50(48)92-6)74-76-63-69-56(80-25-17-11-18-26-80)52(96-63)31-40(38(4)82)58(84)65-42-21-13-15-23-54(42)98(86,87)88)67-60-71-61-68-45-34-49(79(10-3)37-94-29-30-95-62(72-60)73-61)51(93-7)36-47(45)75-77-64-70-57(81-27-19-12-20-28-81)53(97-64)32-41(39(5)83)59(85)66-43-22-14-16-24-55(43)99(89,90)91/h13-16,21-24,31-36H,8-12,17-20,25-30,37H2,1-7H3,(H,65,84)(H,66,85)(H,86,87,88)(H,89,90,91)(H2,67,68,71,72,73)/b40-31-,41-32+,76-74+,77-75+. The van der Waals surface area contributed by atoms with Crippen molar-refractivity contribution >= 4 is 169 Å². The third kappa shape index (κ3) is 17.9. The maximum Gasteiger partial charge on any atom is 0.296 e. The van der Waals surface area contributed by atoms with Gasteiger partial charge in [0.25, 0.3) is 32.1 Å². The van der Waals surface area contributed by atoms with Gasteiger partial charge in [-0.3, -0.25) is 28.3 Å². The number of methoxy groups -OCH3 is 2. The number of rotatable bonds is 24. The zero-order valence-electron chi connectivity index (χ0n) is 55.1. The van der Waals surface area contributed by atoms with Gasteiger partial charge in [-0.05, 0) is 122 Å². The minimum absolute atomic E-state index is 0.0863. The van der Waals surface area contributed by atoms with Crippen LogP contribution in [0.25, 0.3) is 12.2 Å². The van der Waals surface area contributed by atoms with Gasteiger partial charge in [0.05, 0.1) is 75.9 Å². The van der Waals surface area contributed by atoms with Crippen LogP contribution in [0.1, 0.15) is 82.9 Å². The number of ether oxygens (including phenoxy) is 3. The minimum atomic E-state index is -4.75. The molecule has 6 N–H and O–H groups in total. The number of Topliss-reactive ketones (excluding diaryl/α,β-unsaturated/α-hetero) is 2. The number of hydrogen-bond acceptors (Lipinski definition) is 29. The Hall–Kier alpha value is -9.36. The molecule has 3 aliphatic rings. The number of ketones is 2. The summed E-state index contributed by atoms with van der Waals surface area (Å²) in [5.74, 6) is -0.640. The van der Waals surface area contributed by atoms with Crippen molar-refractivity contribution in [3.8, 4) is 11.5 Å². The highest BCUT2D eigenvalue weighted by Gasteiger charge is 2.29. The Morgan fingerprint density at radius 3 is 1.67 bits per heavy atom. The van der Waals surface area contributed by atoms with Crippen molar-refractivity contribution in [1.82, 2.24) is 24.9 Å². The predicted molar refractivity (Wildman–Crippen MR) is 382 cm³/mol. The molecule has 3 aromatic heterocycles. The van der Waals surface area contributed by atoms with E-state index in [1.807, 2.05) is 47.6 Å². The fourth-order valence-electron chi connectivity index (χ4n) is 11.0. The summed E-state index contributed by atoms with van der Waals surface area (Å²) in [7, 11) is -6.41. The van der Waals surface area contributed by atoms with Gasteiger partial charge in [-0.2, -0.15) is 41.8 Å². The Morgan fingerprint density at radius 1 is 0.657 bits per heavy atom. The van der Waals surface area contributed by atoms with Crippen LogP contribution < -0.4 is 50.3 Å². The molecular formula is C64H73N17O13S5. The van der Waals surface area contributed by atoms with E-state index in [0.29, 0.717) is 119 Å². The SMILES string of the molecule is CCN(CC)c1cc(Nc2nc3nc(n2)SCCOCN(CC)c2cc(c(/N=N/c4nc(N5CCCCC5)c(/C=C(\C(C)=O)C(=O)Nc5ccccc5S(=O)(=O)O)s4)cc2OC)N3)c(/N=N/c2nc(N3CCCCC3)c(/C=C(/C(C)=O)C(=O)Nc3ccccc3S(=O)(=O)O)s2)cc1OC. The lowest BCUT2D eigenvalue weighted by Gasteiger charge is -2.27. The molecule has 0 saturated carbocycles. The second-order valence-electron chi connectivity index (χ2n) is 22.5. The molecule has 7 aromatic rings. The molecule has 0 radical (unpaired) electrons. The fraction of sp³-hybridized carbons (Fsp3) is 0.359. The van der Waals surface area contributed by atoms with Crippen LogP contribution in [0.3, 0.4) is 0 Å². The van der Waals surface area contributed by atoms with E-state index < -0.39 is 53.4 Å². The van der Waals surface area contributed by atoms with E-state index in [0.717, 1.165) is 73.3 Å². The number of thioether (sulfide) groups is 1. The largest absolute Gasteiger partial charge is 0.494 e. The molecule has 2 fully saturated rings. The van der Waals surface area contributed by atoms with E-state index in [1.54, 1.807) is 19.2 Å². The van der Waals surface area contributed by atoms with Crippen LogP contribution in [0.4, 0.5) is 79.3 Å². The minimum Gasteiger partial charge on any atom is -0.494 e. The molecule has 6 heterocycles.